The molecule has 0 amide bonds. The number of aliphatic hydroxyl groups excluding tert-OH is 1. The Balaban J connectivity index is 2.04. The van der Waals surface area contributed by atoms with Crippen molar-refractivity contribution in [2.24, 2.45) is 0 Å². The number of benzene rings is 1. The second-order valence-corrected chi connectivity index (χ2v) is 4.63. The van der Waals surface area contributed by atoms with Crippen LogP contribution in [0.1, 0.15) is 19.4 Å². The number of rotatable bonds is 2. The molecule has 0 saturated carbocycles. The number of aliphatic hydroxyl groups is 1. The highest BCUT2D eigenvalue weighted by Gasteiger charge is 2.33. The van der Waals surface area contributed by atoms with Gasteiger partial charge in [-0.1, -0.05) is 42.5 Å². The van der Waals surface area contributed by atoms with Gasteiger partial charge in [0, 0.05) is 0 Å². The van der Waals surface area contributed by atoms with Crippen molar-refractivity contribution in [1.29, 1.82) is 0 Å². The molecule has 1 aliphatic heterocycles. The molecule has 1 N–H and O–H groups in total. The van der Waals surface area contributed by atoms with Crippen LogP contribution >= 0.6 is 0 Å². The molecule has 2 atom stereocenters. The Bertz CT molecular complexity index is 384. The fourth-order valence-corrected chi connectivity index (χ4v) is 1.76. The second-order valence-electron chi connectivity index (χ2n) is 4.63. The molecule has 1 heterocycles. The maximum absolute atomic E-state index is 9.78. The summed E-state index contributed by atoms with van der Waals surface area (Å²) in [6.07, 6.45) is 2.90. The Labute approximate surface area is 102 Å². The second kappa shape index (κ2) is 5.00. The molecular weight excluding hydrogens is 216 g/mol. The summed E-state index contributed by atoms with van der Waals surface area (Å²) >= 11 is 0. The number of ether oxygens (including phenoxy) is 2. The summed E-state index contributed by atoms with van der Waals surface area (Å²) in [5, 5.41) is 9.78. The highest BCUT2D eigenvalue weighted by molar-refractivity contribution is 5.49. The largest absolute Gasteiger partial charge is 0.388 e. The molecule has 1 aromatic carbocycles. The monoisotopic (exact) mass is 234 g/mol. The van der Waals surface area contributed by atoms with Gasteiger partial charge in [-0.2, -0.15) is 0 Å². The Hall–Kier alpha value is -1.16. The van der Waals surface area contributed by atoms with E-state index in [9.17, 15) is 5.11 Å². The minimum Gasteiger partial charge on any atom is -0.388 e. The molecule has 0 unspecified atom stereocenters. The molecule has 1 aromatic rings. The van der Waals surface area contributed by atoms with Gasteiger partial charge in [-0.3, -0.25) is 0 Å². The highest BCUT2D eigenvalue weighted by Crippen LogP contribution is 2.23. The van der Waals surface area contributed by atoms with Gasteiger partial charge in [0.2, 0.25) is 0 Å². The Morgan fingerprint density at radius 1 is 1.29 bits per heavy atom. The first-order valence-corrected chi connectivity index (χ1v) is 5.80. The van der Waals surface area contributed by atoms with Crippen LogP contribution in [0.4, 0.5) is 0 Å². The van der Waals surface area contributed by atoms with Crippen molar-refractivity contribution in [3.8, 4) is 0 Å². The lowest BCUT2D eigenvalue weighted by Gasteiger charge is -2.37. The predicted molar refractivity (Wildman–Crippen MR) is 66.4 cm³/mol. The average Bonchev–Trinajstić information content (AvgIpc) is 2.32. The fraction of sp³-hybridized carbons (Fsp3) is 0.429. The molecular formula is C14H18O3. The summed E-state index contributed by atoms with van der Waals surface area (Å²) in [7, 11) is 0. The molecule has 1 aliphatic rings. The Kier molecular flexibility index (Phi) is 3.62. The Morgan fingerprint density at radius 2 is 2.00 bits per heavy atom. The quantitative estimate of drug-likeness (QED) is 0.852. The van der Waals surface area contributed by atoms with E-state index in [0.717, 1.165) is 5.56 Å². The maximum Gasteiger partial charge on any atom is 0.163 e. The molecule has 0 bridgehead atoms. The third-order valence-corrected chi connectivity index (χ3v) is 2.68. The van der Waals surface area contributed by atoms with Crippen molar-refractivity contribution in [3.63, 3.8) is 0 Å². The molecule has 0 spiro atoms. The SMILES string of the molecule is CC1(C)OC[C@@H](O)[C@H](/C=C/c2ccccc2)O1. The summed E-state index contributed by atoms with van der Waals surface area (Å²) in [4.78, 5) is 0. The minimum absolute atomic E-state index is 0.302. The van der Waals surface area contributed by atoms with Gasteiger partial charge in [-0.05, 0) is 19.4 Å². The van der Waals surface area contributed by atoms with Crippen molar-refractivity contribution in [2.45, 2.75) is 31.8 Å². The maximum atomic E-state index is 9.78. The molecule has 0 aliphatic carbocycles. The van der Waals surface area contributed by atoms with E-state index in [-0.39, 0.29) is 6.10 Å². The molecule has 92 valence electrons. The van der Waals surface area contributed by atoms with Gasteiger partial charge >= 0.3 is 0 Å². The number of hydrogen-bond acceptors (Lipinski definition) is 3. The van der Waals surface area contributed by atoms with Crippen molar-refractivity contribution in [1.82, 2.24) is 0 Å². The van der Waals surface area contributed by atoms with Crippen LogP contribution in [-0.4, -0.2) is 29.7 Å². The zero-order valence-electron chi connectivity index (χ0n) is 10.2. The van der Waals surface area contributed by atoms with Crippen LogP contribution in [0, 0.1) is 0 Å². The number of hydrogen-bond donors (Lipinski definition) is 1. The van der Waals surface area contributed by atoms with E-state index < -0.39 is 11.9 Å². The van der Waals surface area contributed by atoms with Crippen molar-refractivity contribution < 1.29 is 14.6 Å². The standard InChI is InChI=1S/C14H18O3/c1-14(2)16-10-12(15)13(17-14)9-8-11-6-4-3-5-7-11/h3-9,12-13,15H,10H2,1-2H3/b9-8+/t12-,13+/m1/s1. The van der Waals surface area contributed by atoms with Crippen molar-refractivity contribution >= 4 is 6.08 Å². The van der Waals surface area contributed by atoms with E-state index in [1.807, 2.05) is 56.3 Å². The lowest BCUT2D eigenvalue weighted by molar-refractivity contribution is -0.292. The summed E-state index contributed by atoms with van der Waals surface area (Å²) in [6.45, 7) is 4.00. The summed E-state index contributed by atoms with van der Waals surface area (Å²) in [5.41, 5.74) is 1.09. The highest BCUT2D eigenvalue weighted by atomic mass is 16.7. The van der Waals surface area contributed by atoms with E-state index in [2.05, 4.69) is 0 Å². The third kappa shape index (κ3) is 3.40. The molecule has 3 heteroatoms. The topological polar surface area (TPSA) is 38.7 Å². The van der Waals surface area contributed by atoms with Gasteiger partial charge < -0.3 is 14.6 Å². The van der Waals surface area contributed by atoms with E-state index in [0.29, 0.717) is 6.61 Å². The smallest absolute Gasteiger partial charge is 0.163 e. The molecule has 17 heavy (non-hydrogen) atoms. The summed E-state index contributed by atoms with van der Waals surface area (Å²) in [5.74, 6) is -0.634. The van der Waals surface area contributed by atoms with Gasteiger partial charge in [0.15, 0.2) is 5.79 Å². The lowest BCUT2D eigenvalue weighted by atomic mass is 10.1. The first-order chi connectivity index (χ1) is 8.07. The summed E-state index contributed by atoms with van der Waals surface area (Å²) in [6, 6.07) is 9.94. The van der Waals surface area contributed by atoms with E-state index in [1.54, 1.807) is 0 Å². The van der Waals surface area contributed by atoms with Crippen LogP contribution in [0.2, 0.25) is 0 Å². The predicted octanol–water partition coefficient (Wildman–Crippen LogP) is 2.21. The van der Waals surface area contributed by atoms with Crippen LogP contribution < -0.4 is 0 Å². The third-order valence-electron chi connectivity index (χ3n) is 2.68. The molecule has 0 aromatic heterocycles. The zero-order valence-corrected chi connectivity index (χ0v) is 10.2. The zero-order chi connectivity index (χ0) is 12.3. The van der Waals surface area contributed by atoms with Crippen LogP contribution in [-0.2, 0) is 9.47 Å². The summed E-state index contributed by atoms with van der Waals surface area (Å²) < 4.78 is 11.0. The lowest BCUT2D eigenvalue weighted by Crippen LogP contribution is -2.47. The fourth-order valence-electron chi connectivity index (χ4n) is 1.76. The van der Waals surface area contributed by atoms with E-state index >= 15 is 0 Å². The van der Waals surface area contributed by atoms with Crippen LogP contribution in [0.25, 0.3) is 6.08 Å². The molecule has 1 fully saturated rings. The van der Waals surface area contributed by atoms with E-state index in [4.69, 9.17) is 9.47 Å². The van der Waals surface area contributed by atoms with Crippen molar-refractivity contribution in [3.05, 3.63) is 42.0 Å². The van der Waals surface area contributed by atoms with Crippen molar-refractivity contribution in [2.75, 3.05) is 6.61 Å². The van der Waals surface area contributed by atoms with Gasteiger partial charge in [-0.25, -0.2) is 0 Å². The molecule has 2 rings (SSSR count). The van der Waals surface area contributed by atoms with Gasteiger partial charge in [0.25, 0.3) is 0 Å². The van der Waals surface area contributed by atoms with Crippen LogP contribution in [0.15, 0.2) is 36.4 Å². The Morgan fingerprint density at radius 3 is 2.71 bits per heavy atom. The first kappa shape index (κ1) is 12.3. The molecule has 1 saturated heterocycles. The molecule has 0 radical (unpaired) electrons. The average molecular weight is 234 g/mol. The van der Waals surface area contributed by atoms with Crippen LogP contribution in [0.5, 0.6) is 0 Å². The first-order valence-electron chi connectivity index (χ1n) is 5.80. The van der Waals surface area contributed by atoms with E-state index in [1.165, 1.54) is 0 Å². The van der Waals surface area contributed by atoms with Gasteiger partial charge in [0.1, 0.15) is 12.2 Å². The van der Waals surface area contributed by atoms with Gasteiger partial charge in [0.05, 0.1) is 6.61 Å². The minimum atomic E-state index is -0.634. The molecule has 3 nitrogen and oxygen atoms in total. The van der Waals surface area contributed by atoms with Gasteiger partial charge in [-0.15, -0.1) is 0 Å². The van der Waals surface area contributed by atoms with Crippen LogP contribution in [0.3, 0.4) is 0 Å². The normalized spacial score (nSPS) is 28.4.